The van der Waals surface area contributed by atoms with Gasteiger partial charge in [0.25, 0.3) is 0 Å². The summed E-state index contributed by atoms with van der Waals surface area (Å²) in [6.07, 6.45) is 0.995. The van der Waals surface area contributed by atoms with Gasteiger partial charge in [-0.2, -0.15) is 0 Å². The van der Waals surface area contributed by atoms with Crippen molar-refractivity contribution in [3.63, 3.8) is 0 Å². The zero-order valence-electron chi connectivity index (χ0n) is 10.4. The minimum absolute atomic E-state index is 0.106. The third kappa shape index (κ3) is 3.05. The van der Waals surface area contributed by atoms with Crippen LogP contribution in [0.4, 0.5) is 4.39 Å². The summed E-state index contributed by atoms with van der Waals surface area (Å²) in [4.78, 5) is 6.30. The maximum Gasteiger partial charge on any atom is 0.209 e. The minimum Gasteiger partial charge on any atom is -0.439 e. The summed E-state index contributed by atoms with van der Waals surface area (Å²) in [5.74, 6) is 0.237. The van der Waals surface area contributed by atoms with Gasteiger partial charge in [0.15, 0.2) is 5.58 Å². The third-order valence-electron chi connectivity index (χ3n) is 2.71. The van der Waals surface area contributed by atoms with E-state index < -0.39 is 0 Å². The summed E-state index contributed by atoms with van der Waals surface area (Å²) in [5.41, 5.74) is 1.12. The summed E-state index contributed by atoms with van der Waals surface area (Å²) in [7, 11) is 0. The number of aliphatic hydroxyl groups is 1. The van der Waals surface area contributed by atoms with E-state index in [1.165, 1.54) is 12.1 Å². The van der Waals surface area contributed by atoms with E-state index in [4.69, 9.17) is 9.52 Å². The van der Waals surface area contributed by atoms with E-state index in [-0.39, 0.29) is 12.4 Å². The van der Waals surface area contributed by atoms with Crippen molar-refractivity contribution in [1.82, 2.24) is 9.88 Å². The number of aromatic nitrogens is 1. The number of halogens is 1. The van der Waals surface area contributed by atoms with E-state index in [0.717, 1.165) is 13.0 Å². The first-order valence-electron chi connectivity index (χ1n) is 6.11. The van der Waals surface area contributed by atoms with Crippen LogP contribution in [-0.2, 0) is 6.54 Å². The minimum atomic E-state index is -0.317. The highest BCUT2D eigenvalue weighted by Crippen LogP contribution is 2.17. The molecule has 0 fully saturated rings. The van der Waals surface area contributed by atoms with Crippen molar-refractivity contribution in [2.75, 3.05) is 19.7 Å². The number of fused-ring (bicyclic) bond motifs is 1. The molecule has 1 aromatic carbocycles. The fourth-order valence-corrected chi connectivity index (χ4v) is 1.93. The first-order valence-corrected chi connectivity index (χ1v) is 6.11. The van der Waals surface area contributed by atoms with Crippen LogP contribution in [0.25, 0.3) is 11.1 Å². The first-order chi connectivity index (χ1) is 8.72. The molecule has 0 bridgehead atoms. The van der Waals surface area contributed by atoms with Gasteiger partial charge in [-0.25, -0.2) is 9.37 Å². The molecule has 0 spiro atoms. The molecule has 0 aliphatic heterocycles. The second kappa shape index (κ2) is 5.93. The summed E-state index contributed by atoms with van der Waals surface area (Å²) >= 11 is 0. The molecule has 1 N–H and O–H groups in total. The normalized spacial score (nSPS) is 11.6. The van der Waals surface area contributed by atoms with Gasteiger partial charge in [-0.1, -0.05) is 6.92 Å². The molecule has 0 unspecified atom stereocenters. The van der Waals surface area contributed by atoms with Gasteiger partial charge in [-0.15, -0.1) is 0 Å². The standard InChI is InChI=1S/C13H17FN2O2/c1-2-5-16(6-7-17)9-13-15-11-8-10(14)3-4-12(11)18-13/h3-4,8,17H,2,5-7,9H2,1H3. The quantitative estimate of drug-likeness (QED) is 0.856. The molecule has 98 valence electrons. The first kappa shape index (κ1) is 13.0. The SMILES string of the molecule is CCCN(CCO)Cc1nc2cc(F)ccc2o1. The Balaban J connectivity index is 2.14. The summed E-state index contributed by atoms with van der Waals surface area (Å²) in [6.45, 7) is 4.17. The van der Waals surface area contributed by atoms with Crippen molar-refractivity contribution in [3.8, 4) is 0 Å². The van der Waals surface area contributed by atoms with Gasteiger partial charge in [0.2, 0.25) is 5.89 Å². The van der Waals surface area contributed by atoms with Crippen LogP contribution in [0.5, 0.6) is 0 Å². The predicted molar refractivity (Wildman–Crippen MR) is 66.6 cm³/mol. The van der Waals surface area contributed by atoms with Crippen LogP contribution in [0.1, 0.15) is 19.2 Å². The molecule has 2 aromatic rings. The van der Waals surface area contributed by atoms with Crippen LogP contribution in [0.3, 0.4) is 0 Å². The Morgan fingerprint density at radius 1 is 1.39 bits per heavy atom. The zero-order valence-corrected chi connectivity index (χ0v) is 10.4. The van der Waals surface area contributed by atoms with Gasteiger partial charge in [0.1, 0.15) is 11.3 Å². The van der Waals surface area contributed by atoms with Crippen LogP contribution in [0.2, 0.25) is 0 Å². The molecule has 5 heteroatoms. The highest BCUT2D eigenvalue weighted by molar-refractivity contribution is 5.72. The highest BCUT2D eigenvalue weighted by Gasteiger charge is 2.11. The maximum atomic E-state index is 13.0. The third-order valence-corrected chi connectivity index (χ3v) is 2.71. The summed E-state index contributed by atoms with van der Waals surface area (Å²) in [6, 6.07) is 4.30. The molecule has 1 aromatic heterocycles. The van der Waals surface area contributed by atoms with E-state index in [0.29, 0.717) is 30.1 Å². The fraction of sp³-hybridized carbons (Fsp3) is 0.462. The van der Waals surface area contributed by atoms with Crippen LogP contribution in [0.15, 0.2) is 22.6 Å². The Morgan fingerprint density at radius 2 is 2.22 bits per heavy atom. The number of benzene rings is 1. The van der Waals surface area contributed by atoms with E-state index >= 15 is 0 Å². The van der Waals surface area contributed by atoms with E-state index in [2.05, 4.69) is 16.8 Å². The molecular weight excluding hydrogens is 235 g/mol. The van der Waals surface area contributed by atoms with Gasteiger partial charge >= 0.3 is 0 Å². The highest BCUT2D eigenvalue weighted by atomic mass is 19.1. The molecule has 0 aliphatic carbocycles. The lowest BCUT2D eigenvalue weighted by Gasteiger charge is -2.17. The Hall–Kier alpha value is -1.46. The van der Waals surface area contributed by atoms with E-state index in [9.17, 15) is 4.39 Å². The Bertz CT molecular complexity index is 507. The predicted octanol–water partition coefficient (Wildman–Crippen LogP) is 2.17. The average Bonchev–Trinajstić information content (AvgIpc) is 2.71. The van der Waals surface area contributed by atoms with E-state index in [1.54, 1.807) is 6.07 Å². The largest absolute Gasteiger partial charge is 0.439 e. The summed E-state index contributed by atoms with van der Waals surface area (Å²) in [5, 5.41) is 8.98. The second-order valence-corrected chi connectivity index (χ2v) is 4.22. The van der Waals surface area contributed by atoms with Crippen molar-refractivity contribution in [3.05, 3.63) is 29.9 Å². The van der Waals surface area contributed by atoms with Gasteiger partial charge in [-0.3, -0.25) is 4.90 Å². The van der Waals surface area contributed by atoms with Gasteiger partial charge < -0.3 is 9.52 Å². The number of aliphatic hydroxyl groups excluding tert-OH is 1. The molecule has 0 saturated heterocycles. The lowest BCUT2D eigenvalue weighted by Crippen LogP contribution is -2.27. The maximum absolute atomic E-state index is 13.0. The molecule has 18 heavy (non-hydrogen) atoms. The molecule has 1 heterocycles. The number of hydrogen-bond donors (Lipinski definition) is 1. The molecule has 2 rings (SSSR count). The topological polar surface area (TPSA) is 49.5 Å². The van der Waals surface area contributed by atoms with Crippen molar-refractivity contribution in [2.45, 2.75) is 19.9 Å². The molecule has 0 atom stereocenters. The van der Waals surface area contributed by atoms with Crippen LogP contribution >= 0.6 is 0 Å². The van der Waals surface area contributed by atoms with Gasteiger partial charge in [0.05, 0.1) is 13.2 Å². The van der Waals surface area contributed by atoms with Crippen molar-refractivity contribution >= 4 is 11.1 Å². The lowest BCUT2D eigenvalue weighted by molar-refractivity contribution is 0.179. The monoisotopic (exact) mass is 252 g/mol. The molecule has 4 nitrogen and oxygen atoms in total. The number of rotatable bonds is 6. The van der Waals surface area contributed by atoms with Crippen LogP contribution < -0.4 is 0 Å². The Morgan fingerprint density at radius 3 is 2.94 bits per heavy atom. The average molecular weight is 252 g/mol. The lowest BCUT2D eigenvalue weighted by atomic mass is 10.3. The fourth-order valence-electron chi connectivity index (χ4n) is 1.93. The second-order valence-electron chi connectivity index (χ2n) is 4.22. The molecule has 0 radical (unpaired) electrons. The molecule has 0 saturated carbocycles. The zero-order chi connectivity index (χ0) is 13.0. The number of nitrogens with zero attached hydrogens (tertiary/aromatic N) is 2. The Labute approximate surface area is 105 Å². The van der Waals surface area contributed by atoms with Gasteiger partial charge in [0, 0.05) is 12.6 Å². The van der Waals surface area contributed by atoms with Crippen LogP contribution in [-0.4, -0.2) is 34.7 Å². The van der Waals surface area contributed by atoms with Crippen LogP contribution in [0, 0.1) is 5.82 Å². The molecular formula is C13H17FN2O2. The van der Waals surface area contributed by atoms with Crippen molar-refractivity contribution in [2.24, 2.45) is 0 Å². The molecule has 0 aliphatic rings. The Kier molecular flexibility index (Phi) is 4.28. The number of oxazole rings is 1. The van der Waals surface area contributed by atoms with Gasteiger partial charge in [-0.05, 0) is 25.1 Å². The molecule has 0 amide bonds. The van der Waals surface area contributed by atoms with E-state index in [1.807, 2.05) is 0 Å². The van der Waals surface area contributed by atoms with Crippen molar-refractivity contribution in [1.29, 1.82) is 0 Å². The smallest absolute Gasteiger partial charge is 0.209 e. The summed E-state index contributed by atoms with van der Waals surface area (Å²) < 4.78 is 18.6. The van der Waals surface area contributed by atoms with Crippen molar-refractivity contribution < 1.29 is 13.9 Å². The number of hydrogen-bond acceptors (Lipinski definition) is 4.